The minimum Gasteiger partial charge on any atom is -0.481 e. The Morgan fingerprint density at radius 1 is 1.47 bits per heavy atom. The van der Waals surface area contributed by atoms with Crippen molar-refractivity contribution in [1.29, 1.82) is 0 Å². The normalized spacial score (nSPS) is 12.2. The predicted molar refractivity (Wildman–Crippen MR) is 60.4 cm³/mol. The Morgan fingerprint density at radius 3 is 2.93 bits per heavy atom. The maximum atomic E-state index is 5.30. The van der Waals surface area contributed by atoms with Crippen LogP contribution in [0.2, 0.25) is 0 Å². The maximum absolute atomic E-state index is 5.30. The van der Waals surface area contributed by atoms with Crippen molar-refractivity contribution in [2.24, 2.45) is 0 Å². The Labute approximate surface area is 90.6 Å². The molecule has 1 aromatic heterocycles. The smallest absolute Gasteiger partial charge is 0.214 e. The molecule has 1 atom stereocenters. The number of ether oxygens (including phenoxy) is 2. The Morgan fingerprint density at radius 2 is 2.27 bits per heavy atom. The molecule has 0 aliphatic heterocycles. The van der Waals surface area contributed by atoms with Crippen molar-refractivity contribution in [3.8, 4) is 5.88 Å². The van der Waals surface area contributed by atoms with Crippen LogP contribution in [0.3, 0.4) is 0 Å². The molecule has 4 heteroatoms. The van der Waals surface area contributed by atoms with E-state index >= 15 is 0 Å². The Balaban J connectivity index is 2.48. The fourth-order valence-electron chi connectivity index (χ4n) is 1.20. The molecule has 0 amide bonds. The van der Waals surface area contributed by atoms with Gasteiger partial charge in [0.05, 0.1) is 13.7 Å². The average molecular weight is 210 g/mol. The molecule has 0 saturated carbocycles. The minimum absolute atomic E-state index is 0.240. The molecule has 0 aliphatic carbocycles. The van der Waals surface area contributed by atoms with Crippen LogP contribution in [0.5, 0.6) is 5.88 Å². The van der Waals surface area contributed by atoms with Gasteiger partial charge in [-0.15, -0.1) is 0 Å². The van der Waals surface area contributed by atoms with Crippen LogP contribution in [-0.4, -0.2) is 31.3 Å². The first-order valence-corrected chi connectivity index (χ1v) is 5.11. The number of methoxy groups -OCH3 is 1. The predicted octanol–water partition coefficient (Wildman–Crippen LogP) is 1.93. The van der Waals surface area contributed by atoms with Crippen molar-refractivity contribution in [2.45, 2.75) is 19.9 Å². The molecule has 0 radical (unpaired) electrons. The first-order valence-electron chi connectivity index (χ1n) is 5.11. The average Bonchev–Trinajstić information content (AvgIpc) is 2.26. The van der Waals surface area contributed by atoms with E-state index in [4.69, 9.17) is 9.47 Å². The molecule has 0 fully saturated rings. The van der Waals surface area contributed by atoms with Gasteiger partial charge in [0, 0.05) is 18.7 Å². The summed E-state index contributed by atoms with van der Waals surface area (Å²) in [6.45, 7) is 5.44. The topological polar surface area (TPSA) is 43.4 Å². The highest BCUT2D eigenvalue weighted by molar-refractivity contribution is 5.37. The highest BCUT2D eigenvalue weighted by atomic mass is 16.5. The van der Waals surface area contributed by atoms with Crippen LogP contribution in [0.15, 0.2) is 18.2 Å². The van der Waals surface area contributed by atoms with Crippen LogP contribution >= 0.6 is 0 Å². The number of nitrogens with one attached hydrogen (secondary N) is 1. The van der Waals surface area contributed by atoms with Crippen LogP contribution in [0.4, 0.5) is 5.82 Å². The summed E-state index contributed by atoms with van der Waals surface area (Å²) in [5.74, 6) is 1.42. The summed E-state index contributed by atoms with van der Waals surface area (Å²) >= 11 is 0. The molecule has 1 unspecified atom stereocenters. The number of aromatic nitrogens is 1. The van der Waals surface area contributed by atoms with Crippen molar-refractivity contribution >= 4 is 5.82 Å². The van der Waals surface area contributed by atoms with E-state index in [-0.39, 0.29) is 6.04 Å². The SMILES string of the molecule is CCOCC(C)Nc1cccc(OC)n1. The molecule has 0 aliphatic rings. The highest BCUT2D eigenvalue weighted by Crippen LogP contribution is 2.11. The summed E-state index contributed by atoms with van der Waals surface area (Å²) < 4.78 is 10.3. The second-order valence-electron chi connectivity index (χ2n) is 3.27. The van der Waals surface area contributed by atoms with Gasteiger partial charge in [0.25, 0.3) is 0 Å². The summed E-state index contributed by atoms with van der Waals surface area (Å²) in [5.41, 5.74) is 0. The molecule has 1 heterocycles. The van der Waals surface area contributed by atoms with Crippen LogP contribution in [-0.2, 0) is 4.74 Å². The van der Waals surface area contributed by atoms with E-state index in [0.717, 1.165) is 12.4 Å². The van der Waals surface area contributed by atoms with Crippen molar-refractivity contribution in [3.05, 3.63) is 18.2 Å². The number of anilines is 1. The molecule has 1 aromatic rings. The fraction of sp³-hybridized carbons (Fsp3) is 0.545. The third-order valence-electron chi connectivity index (χ3n) is 1.90. The van der Waals surface area contributed by atoms with Crippen LogP contribution in [0.25, 0.3) is 0 Å². The molecule has 4 nitrogen and oxygen atoms in total. The van der Waals surface area contributed by atoms with Crippen molar-refractivity contribution in [3.63, 3.8) is 0 Å². The number of nitrogens with zero attached hydrogens (tertiary/aromatic N) is 1. The van der Waals surface area contributed by atoms with Gasteiger partial charge in [0.1, 0.15) is 5.82 Å². The third kappa shape index (κ3) is 4.16. The van der Waals surface area contributed by atoms with Gasteiger partial charge in [-0.25, -0.2) is 0 Å². The summed E-state index contributed by atoms with van der Waals surface area (Å²) in [7, 11) is 1.61. The quantitative estimate of drug-likeness (QED) is 0.779. The van der Waals surface area contributed by atoms with E-state index in [1.807, 2.05) is 25.1 Å². The van der Waals surface area contributed by atoms with E-state index in [0.29, 0.717) is 12.5 Å². The van der Waals surface area contributed by atoms with E-state index in [1.165, 1.54) is 0 Å². The lowest BCUT2D eigenvalue weighted by Gasteiger charge is -2.14. The summed E-state index contributed by atoms with van der Waals surface area (Å²) in [6.07, 6.45) is 0. The van der Waals surface area contributed by atoms with Crippen molar-refractivity contribution < 1.29 is 9.47 Å². The lowest BCUT2D eigenvalue weighted by Crippen LogP contribution is -2.22. The lowest BCUT2D eigenvalue weighted by molar-refractivity contribution is 0.141. The standard InChI is InChI=1S/C11H18N2O2/c1-4-15-8-9(2)12-10-6-5-7-11(13-10)14-3/h5-7,9H,4,8H2,1-3H3,(H,12,13). The van der Waals surface area contributed by atoms with Gasteiger partial charge in [-0.1, -0.05) is 6.07 Å². The zero-order valence-electron chi connectivity index (χ0n) is 9.49. The molecule has 0 spiro atoms. The molecule has 15 heavy (non-hydrogen) atoms. The first-order chi connectivity index (χ1) is 7.26. The maximum Gasteiger partial charge on any atom is 0.214 e. The molecular weight excluding hydrogens is 192 g/mol. The van der Waals surface area contributed by atoms with Gasteiger partial charge in [-0.3, -0.25) is 0 Å². The summed E-state index contributed by atoms with van der Waals surface area (Å²) in [5, 5.41) is 3.24. The second kappa shape index (κ2) is 6.24. The van der Waals surface area contributed by atoms with E-state index in [2.05, 4.69) is 17.2 Å². The molecule has 0 bridgehead atoms. The zero-order valence-corrected chi connectivity index (χ0v) is 9.49. The van der Waals surface area contributed by atoms with E-state index in [9.17, 15) is 0 Å². The van der Waals surface area contributed by atoms with Crippen LogP contribution in [0.1, 0.15) is 13.8 Å². The molecule has 1 rings (SSSR count). The number of rotatable bonds is 6. The summed E-state index contributed by atoms with van der Waals surface area (Å²) in [4.78, 5) is 4.25. The van der Waals surface area contributed by atoms with Gasteiger partial charge in [0.15, 0.2) is 0 Å². The Kier molecular flexibility index (Phi) is 4.90. The summed E-state index contributed by atoms with van der Waals surface area (Å²) in [6, 6.07) is 5.87. The molecule has 0 aromatic carbocycles. The number of hydrogen-bond donors (Lipinski definition) is 1. The number of hydrogen-bond acceptors (Lipinski definition) is 4. The number of pyridine rings is 1. The second-order valence-corrected chi connectivity index (χ2v) is 3.27. The van der Waals surface area contributed by atoms with E-state index < -0.39 is 0 Å². The van der Waals surface area contributed by atoms with Gasteiger partial charge in [-0.05, 0) is 19.9 Å². The molecular formula is C11H18N2O2. The molecule has 84 valence electrons. The zero-order chi connectivity index (χ0) is 11.1. The molecule has 0 saturated heterocycles. The third-order valence-corrected chi connectivity index (χ3v) is 1.90. The van der Waals surface area contributed by atoms with Crippen molar-refractivity contribution in [1.82, 2.24) is 4.98 Å². The fourth-order valence-corrected chi connectivity index (χ4v) is 1.20. The Hall–Kier alpha value is -1.29. The minimum atomic E-state index is 0.240. The highest BCUT2D eigenvalue weighted by Gasteiger charge is 2.03. The lowest BCUT2D eigenvalue weighted by atomic mass is 10.3. The van der Waals surface area contributed by atoms with Crippen molar-refractivity contribution in [2.75, 3.05) is 25.6 Å². The van der Waals surface area contributed by atoms with Crippen LogP contribution in [0, 0.1) is 0 Å². The first kappa shape index (κ1) is 11.8. The Bertz CT molecular complexity index is 292. The molecule has 1 N–H and O–H groups in total. The van der Waals surface area contributed by atoms with E-state index in [1.54, 1.807) is 7.11 Å². The van der Waals surface area contributed by atoms with Gasteiger partial charge in [0.2, 0.25) is 5.88 Å². The monoisotopic (exact) mass is 210 g/mol. The van der Waals surface area contributed by atoms with Crippen LogP contribution < -0.4 is 10.1 Å². The van der Waals surface area contributed by atoms with Gasteiger partial charge < -0.3 is 14.8 Å². The largest absolute Gasteiger partial charge is 0.481 e. The van der Waals surface area contributed by atoms with Gasteiger partial charge >= 0.3 is 0 Å². The van der Waals surface area contributed by atoms with Gasteiger partial charge in [-0.2, -0.15) is 4.98 Å².